The maximum atomic E-state index is 12.7. The highest BCUT2D eigenvalue weighted by Crippen LogP contribution is 2.28. The highest BCUT2D eigenvalue weighted by Gasteiger charge is 2.38. The molecule has 2 aromatic rings. The Morgan fingerprint density at radius 1 is 1.12 bits per heavy atom. The molecule has 26 heavy (non-hydrogen) atoms. The van der Waals surface area contributed by atoms with Gasteiger partial charge in [0.2, 0.25) is 0 Å². The van der Waals surface area contributed by atoms with E-state index in [0.29, 0.717) is 24.9 Å². The van der Waals surface area contributed by atoms with E-state index in [9.17, 15) is 9.59 Å². The van der Waals surface area contributed by atoms with Crippen molar-refractivity contribution in [1.29, 1.82) is 0 Å². The summed E-state index contributed by atoms with van der Waals surface area (Å²) in [7, 11) is 0. The van der Waals surface area contributed by atoms with Crippen molar-refractivity contribution in [2.24, 2.45) is 11.8 Å². The summed E-state index contributed by atoms with van der Waals surface area (Å²) in [6, 6.07) is 3.91. The number of imidazole rings is 1. The molecule has 2 amide bonds. The summed E-state index contributed by atoms with van der Waals surface area (Å²) in [5.41, 5.74) is 3.57. The topological polar surface area (TPSA) is 71.3 Å². The van der Waals surface area contributed by atoms with E-state index in [1.54, 1.807) is 9.13 Å². The second-order valence-corrected chi connectivity index (χ2v) is 7.44. The third-order valence-corrected chi connectivity index (χ3v) is 5.92. The molecule has 2 aliphatic rings. The van der Waals surface area contributed by atoms with Gasteiger partial charge in [-0.3, -0.25) is 9.13 Å². The van der Waals surface area contributed by atoms with E-state index in [4.69, 9.17) is 0 Å². The van der Waals surface area contributed by atoms with Crippen LogP contribution < -0.4 is 16.3 Å². The minimum atomic E-state index is -0.0397. The molecule has 3 heterocycles. The Kier molecular flexibility index (Phi) is 4.26. The quantitative estimate of drug-likeness (QED) is 0.880. The molecule has 2 aliphatic heterocycles. The summed E-state index contributed by atoms with van der Waals surface area (Å²) in [6.45, 7) is 10.8. The Bertz CT molecular complexity index is 901. The number of urea groups is 1. The number of nitrogens with zero attached hydrogens (tertiary/aromatic N) is 3. The molecule has 4 rings (SSSR count). The number of amides is 2. The fourth-order valence-electron chi connectivity index (χ4n) is 4.43. The second-order valence-electron chi connectivity index (χ2n) is 7.44. The van der Waals surface area contributed by atoms with Gasteiger partial charge < -0.3 is 15.5 Å². The fraction of sp³-hybridized carbons (Fsp3) is 0.579. The number of nitrogens with one attached hydrogen (secondary N) is 2. The minimum absolute atomic E-state index is 0.00717. The molecule has 0 aliphatic carbocycles. The first-order valence-electron chi connectivity index (χ1n) is 9.53. The van der Waals surface area contributed by atoms with Crippen LogP contribution in [-0.2, 0) is 13.1 Å². The Balaban J connectivity index is 1.63. The van der Waals surface area contributed by atoms with Gasteiger partial charge in [0, 0.05) is 45.0 Å². The molecular weight excluding hydrogens is 330 g/mol. The summed E-state index contributed by atoms with van der Waals surface area (Å²) in [4.78, 5) is 27.2. The van der Waals surface area contributed by atoms with Gasteiger partial charge >= 0.3 is 11.7 Å². The number of carbonyl (C=O) groups is 1. The lowest BCUT2D eigenvalue weighted by atomic mass is 10.0. The van der Waals surface area contributed by atoms with Gasteiger partial charge in [-0.2, -0.15) is 0 Å². The zero-order valence-electron chi connectivity index (χ0n) is 15.7. The van der Waals surface area contributed by atoms with E-state index in [-0.39, 0.29) is 11.7 Å². The van der Waals surface area contributed by atoms with Crippen LogP contribution in [0, 0.1) is 18.8 Å². The third kappa shape index (κ3) is 2.61. The Morgan fingerprint density at radius 3 is 2.27 bits per heavy atom. The fourth-order valence-corrected chi connectivity index (χ4v) is 4.43. The first-order chi connectivity index (χ1) is 12.5. The number of hydrogen-bond donors (Lipinski definition) is 2. The summed E-state index contributed by atoms with van der Waals surface area (Å²) in [5.74, 6) is 1.15. The third-order valence-electron chi connectivity index (χ3n) is 5.92. The molecule has 2 fully saturated rings. The maximum Gasteiger partial charge on any atom is 0.329 e. The number of anilines is 1. The lowest BCUT2D eigenvalue weighted by Crippen LogP contribution is -2.35. The van der Waals surface area contributed by atoms with Crippen molar-refractivity contribution < 1.29 is 4.79 Å². The Hall–Kier alpha value is -2.28. The SMILES string of the molecule is CCn1c(=O)n(CC)c2cc(NC(=O)N3C[C@H]4CNC[C@H]4C3)c(C)cc21. The monoisotopic (exact) mass is 357 g/mol. The number of likely N-dealkylation sites (tertiary alicyclic amines) is 1. The Labute approximate surface area is 153 Å². The smallest absolute Gasteiger partial charge is 0.324 e. The van der Waals surface area contributed by atoms with Crippen LogP contribution in [0.15, 0.2) is 16.9 Å². The van der Waals surface area contributed by atoms with Crippen molar-refractivity contribution in [3.63, 3.8) is 0 Å². The number of aromatic nitrogens is 2. The number of benzene rings is 1. The van der Waals surface area contributed by atoms with Gasteiger partial charge in [0.1, 0.15) is 0 Å². The van der Waals surface area contributed by atoms with E-state index in [1.165, 1.54) is 0 Å². The summed E-state index contributed by atoms with van der Waals surface area (Å²) >= 11 is 0. The molecule has 1 aromatic heterocycles. The van der Waals surface area contributed by atoms with E-state index in [2.05, 4.69) is 10.6 Å². The highest BCUT2D eigenvalue weighted by molar-refractivity contribution is 5.93. The molecule has 0 radical (unpaired) electrons. The Morgan fingerprint density at radius 2 is 1.69 bits per heavy atom. The maximum absolute atomic E-state index is 12.7. The van der Waals surface area contributed by atoms with Gasteiger partial charge in [0.25, 0.3) is 0 Å². The predicted octanol–water partition coefficient (Wildman–Crippen LogP) is 1.83. The molecule has 2 saturated heterocycles. The van der Waals surface area contributed by atoms with Gasteiger partial charge in [0.05, 0.1) is 11.0 Å². The molecule has 140 valence electrons. The molecule has 0 unspecified atom stereocenters. The van der Waals surface area contributed by atoms with Crippen molar-refractivity contribution in [3.05, 3.63) is 28.2 Å². The van der Waals surface area contributed by atoms with Crippen LogP contribution in [0.25, 0.3) is 11.0 Å². The average Bonchev–Trinajstić information content (AvgIpc) is 3.26. The van der Waals surface area contributed by atoms with Crippen LogP contribution >= 0.6 is 0 Å². The normalized spacial score (nSPS) is 22.2. The molecule has 2 N–H and O–H groups in total. The standard InChI is InChI=1S/C19H27N5O2/c1-4-23-16-6-12(3)15(7-17(16)24(5-2)19(23)26)21-18(25)22-10-13-8-20-9-14(13)11-22/h6-7,13-14,20H,4-5,8-11H2,1-3H3,(H,21,25)/t13-,14+. The number of carbonyl (C=O) groups excluding carboxylic acids is 1. The van der Waals surface area contributed by atoms with Crippen molar-refractivity contribution in [1.82, 2.24) is 19.4 Å². The van der Waals surface area contributed by atoms with E-state index < -0.39 is 0 Å². The van der Waals surface area contributed by atoms with Crippen molar-refractivity contribution >= 4 is 22.8 Å². The molecule has 7 heteroatoms. The van der Waals surface area contributed by atoms with E-state index >= 15 is 0 Å². The van der Waals surface area contributed by atoms with Crippen LogP contribution in [-0.4, -0.2) is 46.2 Å². The van der Waals surface area contributed by atoms with Crippen LogP contribution in [0.3, 0.4) is 0 Å². The highest BCUT2D eigenvalue weighted by atomic mass is 16.2. The van der Waals surface area contributed by atoms with Crippen molar-refractivity contribution in [2.75, 3.05) is 31.5 Å². The zero-order valence-corrected chi connectivity index (χ0v) is 15.7. The first-order valence-corrected chi connectivity index (χ1v) is 9.53. The number of aryl methyl sites for hydroxylation is 3. The summed E-state index contributed by atoms with van der Waals surface area (Å²) in [5, 5.41) is 6.47. The number of fused-ring (bicyclic) bond motifs is 2. The van der Waals surface area contributed by atoms with Gasteiger partial charge in [-0.25, -0.2) is 9.59 Å². The summed E-state index contributed by atoms with van der Waals surface area (Å²) in [6.07, 6.45) is 0. The van der Waals surface area contributed by atoms with E-state index in [0.717, 1.165) is 48.5 Å². The molecule has 0 bridgehead atoms. The molecular formula is C19H27N5O2. The molecule has 2 atom stereocenters. The van der Waals surface area contributed by atoms with Crippen LogP contribution in [0.1, 0.15) is 19.4 Å². The van der Waals surface area contributed by atoms with Crippen LogP contribution in [0.2, 0.25) is 0 Å². The van der Waals surface area contributed by atoms with Gasteiger partial charge in [-0.15, -0.1) is 0 Å². The zero-order chi connectivity index (χ0) is 18.4. The lowest BCUT2D eigenvalue weighted by Gasteiger charge is -2.19. The van der Waals surface area contributed by atoms with Crippen LogP contribution in [0.4, 0.5) is 10.5 Å². The number of hydrogen-bond acceptors (Lipinski definition) is 3. The predicted molar refractivity (Wildman–Crippen MR) is 103 cm³/mol. The van der Waals surface area contributed by atoms with Gasteiger partial charge in [-0.1, -0.05) is 0 Å². The number of rotatable bonds is 3. The van der Waals surface area contributed by atoms with Crippen LogP contribution in [0.5, 0.6) is 0 Å². The van der Waals surface area contributed by atoms with E-state index in [1.807, 2.05) is 37.8 Å². The lowest BCUT2D eigenvalue weighted by molar-refractivity contribution is 0.219. The van der Waals surface area contributed by atoms with Crippen molar-refractivity contribution in [3.8, 4) is 0 Å². The minimum Gasteiger partial charge on any atom is -0.324 e. The summed E-state index contributed by atoms with van der Waals surface area (Å²) < 4.78 is 3.55. The largest absolute Gasteiger partial charge is 0.329 e. The molecule has 1 aromatic carbocycles. The van der Waals surface area contributed by atoms with Gasteiger partial charge in [0.15, 0.2) is 0 Å². The van der Waals surface area contributed by atoms with Gasteiger partial charge in [-0.05, 0) is 50.3 Å². The molecule has 7 nitrogen and oxygen atoms in total. The molecule has 0 saturated carbocycles. The molecule has 0 spiro atoms. The van der Waals surface area contributed by atoms with Crippen molar-refractivity contribution in [2.45, 2.75) is 33.9 Å². The average molecular weight is 357 g/mol. The first kappa shape index (κ1) is 17.1. The second kappa shape index (κ2) is 6.46.